The summed E-state index contributed by atoms with van der Waals surface area (Å²) in [7, 11) is 1.60. The van der Waals surface area contributed by atoms with E-state index in [-0.39, 0.29) is 34.0 Å². The third-order valence-electron chi connectivity index (χ3n) is 2.85. The van der Waals surface area contributed by atoms with Crippen molar-refractivity contribution >= 4 is 28.9 Å². The fourth-order valence-electron chi connectivity index (χ4n) is 1.84. The molecule has 2 aromatic rings. The number of ether oxygens (including phenoxy) is 1. The molecule has 7 nitrogen and oxygen atoms in total. The van der Waals surface area contributed by atoms with E-state index in [2.05, 4.69) is 5.10 Å². The SMILES string of the molecule is Cc1nn(C)c(Oc2cc(Cl)c(Cl)cc2[N+](=O)[O-])c1CO. The zero-order valence-corrected chi connectivity index (χ0v) is 12.6. The maximum Gasteiger partial charge on any atom is 0.313 e. The van der Waals surface area contributed by atoms with Crippen LogP contribution in [-0.2, 0) is 13.7 Å². The molecular formula is C12H11Cl2N3O4. The van der Waals surface area contributed by atoms with Gasteiger partial charge in [-0.2, -0.15) is 5.10 Å². The Hall–Kier alpha value is -1.83. The molecular weight excluding hydrogens is 321 g/mol. The smallest absolute Gasteiger partial charge is 0.313 e. The summed E-state index contributed by atoms with van der Waals surface area (Å²) in [6.07, 6.45) is 0. The Balaban J connectivity index is 2.54. The highest BCUT2D eigenvalue weighted by atomic mass is 35.5. The van der Waals surface area contributed by atoms with Crippen LogP contribution in [0, 0.1) is 17.0 Å². The van der Waals surface area contributed by atoms with Gasteiger partial charge in [0.05, 0.1) is 32.8 Å². The van der Waals surface area contributed by atoms with Gasteiger partial charge in [-0.3, -0.25) is 10.1 Å². The number of rotatable bonds is 4. The number of nitrogens with zero attached hydrogens (tertiary/aromatic N) is 3. The van der Waals surface area contributed by atoms with Crippen LogP contribution in [0.25, 0.3) is 0 Å². The Labute approximate surface area is 129 Å². The summed E-state index contributed by atoms with van der Waals surface area (Å²) in [4.78, 5) is 10.4. The molecule has 0 bridgehead atoms. The Morgan fingerprint density at radius 2 is 2.05 bits per heavy atom. The van der Waals surface area contributed by atoms with Crippen LogP contribution in [0.1, 0.15) is 11.3 Å². The third-order valence-corrected chi connectivity index (χ3v) is 3.57. The van der Waals surface area contributed by atoms with E-state index in [0.717, 1.165) is 6.07 Å². The maximum atomic E-state index is 11.1. The standard InChI is InChI=1S/C12H11Cl2N3O4/c1-6-7(5-18)12(16(2)15-6)21-11-4-9(14)8(13)3-10(11)17(19)20/h3-4,18H,5H2,1-2H3. The number of aryl methyl sites for hydroxylation is 2. The minimum atomic E-state index is -0.626. The van der Waals surface area contributed by atoms with Crippen molar-refractivity contribution in [3.63, 3.8) is 0 Å². The molecule has 2 rings (SSSR count). The van der Waals surface area contributed by atoms with Crippen molar-refractivity contribution in [2.24, 2.45) is 7.05 Å². The second-order valence-corrected chi connectivity index (χ2v) is 5.06. The van der Waals surface area contributed by atoms with Crippen molar-refractivity contribution < 1.29 is 14.8 Å². The van der Waals surface area contributed by atoms with E-state index in [1.165, 1.54) is 10.7 Å². The molecule has 0 atom stereocenters. The zero-order chi connectivity index (χ0) is 15.7. The largest absolute Gasteiger partial charge is 0.432 e. The average molecular weight is 332 g/mol. The summed E-state index contributed by atoms with van der Waals surface area (Å²) < 4.78 is 6.92. The molecule has 0 fully saturated rings. The second kappa shape index (κ2) is 5.88. The van der Waals surface area contributed by atoms with Gasteiger partial charge < -0.3 is 9.84 Å². The first kappa shape index (κ1) is 15.6. The second-order valence-electron chi connectivity index (χ2n) is 4.24. The molecule has 0 spiro atoms. The van der Waals surface area contributed by atoms with Crippen LogP contribution in [0.5, 0.6) is 11.6 Å². The van der Waals surface area contributed by atoms with Crippen molar-refractivity contribution in [3.05, 3.63) is 43.5 Å². The van der Waals surface area contributed by atoms with E-state index in [1.54, 1.807) is 14.0 Å². The van der Waals surface area contributed by atoms with Gasteiger partial charge in [-0.1, -0.05) is 23.2 Å². The fourth-order valence-corrected chi connectivity index (χ4v) is 2.15. The van der Waals surface area contributed by atoms with Gasteiger partial charge in [0, 0.05) is 19.2 Å². The average Bonchev–Trinajstić information content (AvgIpc) is 2.67. The molecule has 21 heavy (non-hydrogen) atoms. The Bertz CT molecular complexity index is 715. The number of hydrogen-bond acceptors (Lipinski definition) is 5. The third kappa shape index (κ3) is 2.94. The molecule has 1 aromatic carbocycles. The number of nitro groups is 1. The van der Waals surface area contributed by atoms with E-state index in [9.17, 15) is 15.2 Å². The van der Waals surface area contributed by atoms with Crippen molar-refractivity contribution in [2.45, 2.75) is 13.5 Å². The predicted molar refractivity (Wildman–Crippen MR) is 77.1 cm³/mol. The van der Waals surface area contributed by atoms with Crippen LogP contribution < -0.4 is 4.74 Å². The molecule has 0 amide bonds. The van der Waals surface area contributed by atoms with E-state index in [0.29, 0.717) is 11.3 Å². The number of aliphatic hydroxyl groups is 1. The van der Waals surface area contributed by atoms with Crippen LogP contribution in [0.3, 0.4) is 0 Å². The van der Waals surface area contributed by atoms with E-state index >= 15 is 0 Å². The van der Waals surface area contributed by atoms with Gasteiger partial charge in [0.1, 0.15) is 0 Å². The first-order valence-corrected chi connectivity index (χ1v) is 6.55. The molecule has 1 heterocycles. The van der Waals surface area contributed by atoms with Crippen LogP contribution in [0.4, 0.5) is 5.69 Å². The van der Waals surface area contributed by atoms with Crippen molar-refractivity contribution in [2.75, 3.05) is 0 Å². The minimum Gasteiger partial charge on any atom is -0.432 e. The van der Waals surface area contributed by atoms with Crippen molar-refractivity contribution in [1.29, 1.82) is 0 Å². The number of aliphatic hydroxyl groups excluding tert-OH is 1. The number of aromatic nitrogens is 2. The summed E-state index contributed by atoms with van der Waals surface area (Å²) in [5.74, 6) is 0.128. The molecule has 0 unspecified atom stereocenters. The highest BCUT2D eigenvalue weighted by Gasteiger charge is 2.22. The Kier molecular flexibility index (Phi) is 4.36. The van der Waals surface area contributed by atoms with Gasteiger partial charge in [-0.25, -0.2) is 4.68 Å². The summed E-state index contributed by atoms with van der Waals surface area (Å²) >= 11 is 11.6. The highest BCUT2D eigenvalue weighted by molar-refractivity contribution is 6.42. The predicted octanol–water partition coefficient (Wildman–Crippen LogP) is 3.23. The van der Waals surface area contributed by atoms with E-state index in [1.807, 2.05) is 0 Å². The number of nitro benzene ring substituents is 1. The van der Waals surface area contributed by atoms with Crippen molar-refractivity contribution in [1.82, 2.24) is 9.78 Å². The van der Waals surface area contributed by atoms with Crippen LogP contribution >= 0.6 is 23.2 Å². The minimum absolute atomic E-state index is 0.0549. The van der Waals surface area contributed by atoms with Crippen LogP contribution in [-0.4, -0.2) is 19.8 Å². The Morgan fingerprint density at radius 3 is 2.62 bits per heavy atom. The lowest BCUT2D eigenvalue weighted by Crippen LogP contribution is -2.00. The quantitative estimate of drug-likeness (QED) is 0.686. The molecule has 9 heteroatoms. The van der Waals surface area contributed by atoms with Crippen LogP contribution in [0.2, 0.25) is 10.0 Å². The molecule has 0 aliphatic heterocycles. The topological polar surface area (TPSA) is 90.4 Å². The van der Waals surface area contributed by atoms with E-state index in [4.69, 9.17) is 27.9 Å². The molecule has 1 aromatic heterocycles. The zero-order valence-electron chi connectivity index (χ0n) is 11.1. The highest BCUT2D eigenvalue weighted by Crippen LogP contribution is 2.39. The maximum absolute atomic E-state index is 11.1. The number of benzene rings is 1. The van der Waals surface area contributed by atoms with Gasteiger partial charge in [0.2, 0.25) is 11.6 Å². The normalized spacial score (nSPS) is 10.7. The van der Waals surface area contributed by atoms with Crippen molar-refractivity contribution in [3.8, 4) is 11.6 Å². The molecule has 0 saturated heterocycles. The lowest BCUT2D eigenvalue weighted by Gasteiger charge is -2.09. The lowest BCUT2D eigenvalue weighted by molar-refractivity contribution is -0.385. The first-order chi connectivity index (χ1) is 9.85. The summed E-state index contributed by atoms with van der Waals surface area (Å²) in [6.45, 7) is 1.39. The monoisotopic (exact) mass is 331 g/mol. The molecule has 112 valence electrons. The lowest BCUT2D eigenvalue weighted by atomic mass is 10.2. The van der Waals surface area contributed by atoms with Gasteiger partial charge in [0.25, 0.3) is 0 Å². The van der Waals surface area contributed by atoms with Gasteiger partial charge >= 0.3 is 5.69 Å². The van der Waals surface area contributed by atoms with Gasteiger partial charge in [-0.15, -0.1) is 0 Å². The Morgan fingerprint density at radius 1 is 1.43 bits per heavy atom. The molecule has 0 aliphatic carbocycles. The summed E-state index contributed by atoms with van der Waals surface area (Å²) in [6, 6.07) is 2.37. The molecule has 1 N–H and O–H groups in total. The molecule has 0 saturated carbocycles. The fraction of sp³-hybridized carbons (Fsp3) is 0.250. The molecule has 0 radical (unpaired) electrons. The summed E-state index contributed by atoms with van der Waals surface area (Å²) in [5.41, 5.74) is 0.683. The number of halogens is 2. The van der Waals surface area contributed by atoms with E-state index < -0.39 is 4.92 Å². The number of hydrogen-bond donors (Lipinski definition) is 1. The van der Waals surface area contributed by atoms with Crippen LogP contribution in [0.15, 0.2) is 12.1 Å². The van der Waals surface area contributed by atoms with Gasteiger partial charge in [0.15, 0.2) is 0 Å². The first-order valence-electron chi connectivity index (χ1n) is 5.79. The molecule has 0 aliphatic rings. The van der Waals surface area contributed by atoms with Gasteiger partial charge in [-0.05, 0) is 6.92 Å². The summed E-state index contributed by atoms with van der Waals surface area (Å²) in [5, 5.41) is 24.7.